The second kappa shape index (κ2) is 5.83. The molecule has 18 heavy (non-hydrogen) atoms. The van der Waals surface area contributed by atoms with E-state index in [1.54, 1.807) is 6.20 Å². The fourth-order valence-corrected chi connectivity index (χ4v) is 1.81. The van der Waals surface area contributed by atoms with Crippen LogP contribution >= 0.6 is 11.6 Å². The summed E-state index contributed by atoms with van der Waals surface area (Å²) in [6.07, 6.45) is 1.64. The van der Waals surface area contributed by atoms with Gasteiger partial charge in [-0.15, -0.1) is 11.6 Å². The summed E-state index contributed by atoms with van der Waals surface area (Å²) in [5, 5.41) is 0. The number of alkyl halides is 1. The van der Waals surface area contributed by atoms with Crippen LogP contribution in [0.2, 0.25) is 0 Å². The minimum absolute atomic E-state index is 0.0672. The highest BCUT2D eigenvalue weighted by Crippen LogP contribution is 2.23. The second-order valence-electron chi connectivity index (χ2n) is 4.05. The van der Waals surface area contributed by atoms with Gasteiger partial charge in [-0.05, 0) is 19.4 Å². The van der Waals surface area contributed by atoms with Crippen molar-refractivity contribution in [2.45, 2.75) is 25.8 Å². The highest BCUT2D eigenvalue weighted by atomic mass is 35.5. The van der Waals surface area contributed by atoms with Gasteiger partial charge in [-0.25, -0.2) is 4.98 Å². The lowest BCUT2D eigenvalue weighted by Crippen LogP contribution is -2.07. The van der Waals surface area contributed by atoms with E-state index >= 15 is 0 Å². The third-order valence-electron chi connectivity index (χ3n) is 2.65. The standard InChI is InChI=1S/C14H15ClN2O/c1-10(12-6-4-3-5-7-12)18-14-13(8-15)9-16-11(2)17-14/h3-7,9-10H,8H2,1-2H3. The summed E-state index contributed by atoms with van der Waals surface area (Å²) in [6, 6.07) is 10.0. The number of aromatic nitrogens is 2. The topological polar surface area (TPSA) is 35.0 Å². The molecule has 0 spiro atoms. The van der Waals surface area contributed by atoms with E-state index in [1.165, 1.54) is 0 Å². The first kappa shape index (κ1) is 12.8. The van der Waals surface area contributed by atoms with E-state index < -0.39 is 0 Å². The van der Waals surface area contributed by atoms with Crippen LogP contribution in [-0.2, 0) is 5.88 Å². The lowest BCUT2D eigenvalue weighted by Gasteiger charge is -2.16. The summed E-state index contributed by atoms with van der Waals surface area (Å²) in [4.78, 5) is 8.41. The predicted octanol–water partition coefficient (Wildman–Crippen LogP) is 3.66. The average Bonchev–Trinajstić information content (AvgIpc) is 2.40. The molecule has 1 aromatic carbocycles. The molecule has 2 aromatic rings. The van der Waals surface area contributed by atoms with E-state index in [4.69, 9.17) is 16.3 Å². The molecule has 0 amide bonds. The van der Waals surface area contributed by atoms with Crippen LogP contribution in [0.4, 0.5) is 0 Å². The third kappa shape index (κ3) is 2.99. The number of halogens is 1. The van der Waals surface area contributed by atoms with E-state index in [0.29, 0.717) is 17.6 Å². The number of benzene rings is 1. The molecular weight excluding hydrogens is 248 g/mol. The molecule has 0 saturated heterocycles. The molecule has 0 aliphatic carbocycles. The van der Waals surface area contributed by atoms with Crippen molar-refractivity contribution in [3.05, 3.63) is 53.5 Å². The van der Waals surface area contributed by atoms with Gasteiger partial charge in [0, 0.05) is 11.8 Å². The molecule has 1 heterocycles. The van der Waals surface area contributed by atoms with Crippen molar-refractivity contribution in [3.8, 4) is 5.88 Å². The minimum Gasteiger partial charge on any atom is -0.469 e. The quantitative estimate of drug-likeness (QED) is 0.789. The summed E-state index contributed by atoms with van der Waals surface area (Å²) in [6.45, 7) is 3.82. The molecule has 0 saturated carbocycles. The Morgan fingerprint density at radius 2 is 2.00 bits per heavy atom. The molecule has 2 rings (SSSR count). The largest absolute Gasteiger partial charge is 0.469 e. The van der Waals surface area contributed by atoms with Gasteiger partial charge < -0.3 is 4.74 Å². The molecule has 1 aromatic heterocycles. The SMILES string of the molecule is Cc1ncc(CCl)c(OC(C)c2ccccc2)n1. The second-order valence-corrected chi connectivity index (χ2v) is 4.32. The van der Waals surface area contributed by atoms with Crippen molar-refractivity contribution in [1.82, 2.24) is 9.97 Å². The summed E-state index contributed by atoms with van der Waals surface area (Å²) in [5.41, 5.74) is 1.92. The molecule has 0 fully saturated rings. The highest BCUT2D eigenvalue weighted by molar-refractivity contribution is 6.17. The van der Waals surface area contributed by atoms with Gasteiger partial charge in [0.1, 0.15) is 11.9 Å². The Labute approximate surface area is 112 Å². The van der Waals surface area contributed by atoms with Crippen LogP contribution in [0.15, 0.2) is 36.5 Å². The smallest absolute Gasteiger partial charge is 0.221 e. The maximum Gasteiger partial charge on any atom is 0.221 e. The summed E-state index contributed by atoms with van der Waals surface area (Å²) < 4.78 is 5.87. The van der Waals surface area contributed by atoms with E-state index in [0.717, 1.165) is 11.1 Å². The molecule has 0 aliphatic rings. The van der Waals surface area contributed by atoms with E-state index in [2.05, 4.69) is 9.97 Å². The van der Waals surface area contributed by atoms with E-state index in [-0.39, 0.29) is 6.10 Å². The lowest BCUT2D eigenvalue weighted by atomic mass is 10.1. The Kier molecular flexibility index (Phi) is 4.15. The van der Waals surface area contributed by atoms with Gasteiger partial charge >= 0.3 is 0 Å². The van der Waals surface area contributed by atoms with Gasteiger partial charge in [-0.3, -0.25) is 0 Å². The Balaban J connectivity index is 2.21. The first-order valence-electron chi connectivity index (χ1n) is 5.81. The molecule has 0 aliphatic heterocycles. The van der Waals surface area contributed by atoms with Crippen LogP contribution in [0.25, 0.3) is 0 Å². The molecule has 0 N–H and O–H groups in total. The number of rotatable bonds is 4. The van der Waals surface area contributed by atoms with Gasteiger partial charge in [0.2, 0.25) is 5.88 Å². The number of hydrogen-bond acceptors (Lipinski definition) is 3. The van der Waals surface area contributed by atoms with Crippen LogP contribution < -0.4 is 4.74 Å². The maximum absolute atomic E-state index is 5.87. The zero-order valence-corrected chi connectivity index (χ0v) is 11.2. The third-order valence-corrected chi connectivity index (χ3v) is 2.93. The zero-order valence-electron chi connectivity index (χ0n) is 10.4. The first-order valence-corrected chi connectivity index (χ1v) is 6.34. The first-order chi connectivity index (χ1) is 8.70. The fourth-order valence-electron chi connectivity index (χ4n) is 1.63. The highest BCUT2D eigenvalue weighted by Gasteiger charge is 2.11. The van der Waals surface area contributed by atoms with Crippen LogP contribution in [-0.4, -0.2) is 9.97 Å². The van der Waals surface area contributed by atoms with Crippen LogP contribution in [0.1, 0.15) is 30.0 Å². The molecule has 0 bridgehead atoms. The van der Waals surface area contributed by atoms with Gasteiger partial charge in [0.15, 0.2) is 0 Å². The van der Waals surface area contributed by atoms with Crippen molar-refractivity contribution >= 4 is 11.6 Å². The average molecular weight is 263 g/mol. The molecule has 3 nitrogen and oxygen atoms in total. The van der Waals surface area contributed by atoms with E-state index in [1.807, 2.05) is 44.2 Å². The van der Waals surface area contributed by atoms with Gasteiger partial charge in [-0.2, -0.15) is 4.98 Å². The predicted molar refractivity (Wildman–Crippen MR) is 71.8 cm³/mol. The number of hydrogen-bond donors (Lipinski definition) is 0. The van der Waals surface area contributed by atoms with Crippen molar-refractivity contribution in [3.63, 3.8) is 0 Å². The fraction of sp³-hybridized carbons (Fsp3) is 0.286. The molecule has 0 radical (unpaired) electrons. The van der Waals surface area contributed by atoms with Crippen molar-refractivity contribution in [2.75, 3.05) is 0 Å². The minimum atomic E-state index is -0.0672. The van der Waals surface area contributed by atoms with Gasteiger partial charge in [-0.1, -0.05) is 30.3 Å². The summed E-state index contributed by atoms with van der Waals surface area (Å²) in [5.74, 6) is 1.59. The van der Waals surface area contributed by atoms with E-state index in [9.17, 15) is 0 Å². The summed E-state index contributed by atoms with van der Waals surface area (Å²) >= 11 is 5.85. The molecule has 94 valence electrons. The van der Waals surface area contributed by atoms with Crippen molar-refractivity contribution < 1.29 is 4.74 Å². The van der Waals surface area contributed by atoms with Gasteiger partial charge in [0.05, 0.1) is 5.88 Å². The monoisotopic (exact) mass is 262 g/mol. The lowest BCUT2D eigenvalue weighted by molar-refractivity contribution is 0.214. The normalized spacial score (nSPS) is 12.2. The molecule has 1 atom stereocenters. The van der Waals surface area contributed by atoms with Crippen LogP contribution in [0, 0.1) is 6.92 Å². The number of ether oxygens (including phenoxy) is 1. The number of aryl methyl sites for hydroxylation is 1. The molecular formula is C14H15ClN2O. The molecule has 4 heteroatoms. The van der Waals surface area contributed by atoms with Crippen LogP contribution in [0.5, 0.6) is 5.88 Å². The van der Waals surface area contributed by atoms with Gasteiger partial charge in [0.25, 0.3) is 0 Å². The number of nitrogens with zero attached hydrogens (tertiary/aromatic N) is 2. The Hall–Kier alpha value is -1.61. The zero-order chi connectivity index (χ0) is 13.0. The Bertz CT molecular complexity index is 516. The Morgan fingerprint density at radius 1 is 1.28 bits per heavy atom. The maximum atomic E-state index is 5.87. The van der Waals surface area contributed by atoms with Crippen LogP contribution in [0.3, 0.4) is 0 Å². The van der Waals surface area contributed by atoms with Crippen molar-refractivity contribution in [2.24, 2.45) is 0 Å². The summed E-state index contributed by atoms with van der Waals surface area (Å²) in [7, 11) is 0. The Morgan fingerprint density at radius 3 is 2.67 bits per heavy atom. The van der Waals surface area contributed by atoms with Crippen molar-refractivity contribution in [1.29, 1.82) is 0 Å². The molecule has 1 unspecified atom stereocenters.